The summed E-state index contributed by atoms with van der Waals surface area (Å²) in [5.41, 5.74) is 8.01. The number of carbonyl (C=O) groups excluding carboxylic acids is 1. The van der Waals surface area contributed by atoms with Crippen LogP contribution in [0.3, 0.4) is 0 Å². The predicted octanol–water partition coefficient (Wildman–Crippen LogP) is 2.11. The van der Waals surface area contributed by atoms with Gasteiger partial charge in [-0.2, -0.15) is 0 Å². The Morgan fingerprint density at radius 1 is 1.69 bits per heavy atom. The molecule has 0 aliphatic heterocycles. The van der Waals surface area contributed by atoms with Gasteiger partial charge in [0, 0.05) is 24.1 Å². The summed E-state index contributed by atoms with van der Waals surface area (Å²) >= 11 is 0. The van der Waals surface area contributed by atoms with E-state index in [0.29, 0.717) is 25.3 Å². The molecule has 1 amide bonds. The maximum absolute atomic E-state index is 11.2. The van der Waals surface area contributed by atoms with Crippen molar-refractivity contribution in [1.29, 1.82) is 0 Å². The van der Waals surface area contributed by atoms with Crippen molar-refractivity contribution in [3.05, 3.63) is 40.7 Å². The lowest BCUT2D eigenvalue weighted by molar-refractivity contribution is -0.116. The van der Waals surface area contributed by atoms with Crippen LogP contribution >= 0.6 is 0 Å². The van der Waals surface area contributed by atoms with Gasteiger partial charge in [0.2, 0.25) is 5.91 Å². The monoisotopic (exact) mass is 220 g/mol. The van der Waals surface area contributed by atoms with Gasteiger partial charge in [0.25, 0.3) is 0 Å². The van der Waals surface area contributed by atoms with E-state index in [2.05, 4.69) is 15.3 Å². The average Bonchev–Trinajstić information content (AvgIpc) is 2.79. The van der Waals surface area contributed by atoms with Crippen LogP contribution in [0.1, 0.15) is 12.2 Å². The van der Waals surface area contributed by atoms with E-state index in [4.69, 9.17) is 9.95 Å². The zero-order valence-corrected chi connectivity index (χ0v) is 8.67. The lowest BCUT2D eigenvalue weighted by Gasteiger charge is -1.98. The van der Waals surface area contributed by atoms with Crippen molar-refractivity contribution >= 4 is 12.0 Å². The Bertz CT molecular complexity index is 391. The second-order valence-corrected chi connectivity index (χ2v) is 2.95. The van der Waals surface area contributed by atoms with Crippen LogP contribution in [-0.4, -0.2) is 19.0 Å². The van der Waals surface area contributed by atoms with Gasteiger partial charge in [0.05, 0.1) is 6.26 Å². The molecule has 0 spiro atoms. The smallest absolute Gasteiger partial charge is 0.244 e. The summed E-state index contributed by atoms with van der Waals surface area (Å²) < 4.78 is 5.02. The third kappa shape index (κ3) is 4.88. The summed E-state index contributed by atoms with van der Waals surface area (Å²) in [7, 11) is 0. The zero-order chi connectivity index (χ0) is 11.6. The summed E-state index contributed by atoms with van der Waals surface area (Å²) in [4.78, 5) is 13.8. The van der Waals surface area contributed by atoms with Gasteiger partial charge in [-0.25, -0.2) is 0 Å². The lowest BCUT2D eigenvalue weighted by atomic mass is 10.3. The molecule has 6 nitrogen and oxygen atoms in total. The van der Waals surface area contributed by atoms with Crippen LogP contribution in [0.25, 0.3) is 16.5 Å². The number of furan rings is 1. The second-order valence-electron chi connectivity index (χ2n) is 2.95. The molecule has 16 heavy (non-hydrogen) atoms. The minimum absolute atomic E-state index is 0.197. The topological polar surface area (TPSA) is 91.0 Å². The van der Waals surface area contributed by atoms with Crippen LogP contribution in [0.4, 0.5) is 0 Å². The Labute approximate surface area is 92.6 Å². The molecule has 1 aromatic rings. The van der Waals surface area contributed by atoms with E-state index >= 15 is 0 Å². The van der Waals surface area contributed by atoms with Crippen LogP contribution in [0.5, 0.6) is 0 Å². The van der Waals surface area contributed by atoms with Crippen molar-refractivity contribution in [2.24, 2.45) is 5.11 Å². The molecule has 1 rings (SSSR count). The van der Waals surface area contributed by atoms with Crippen LogP contribution in [0.15, 0.2) is 34.0 Å². The van der Waals surface area contributed by atoms with Gasteiger partial charge >= 0.3 is 0 Å². The Kier molecular flexibility index (Phi) is 5.30. The first kappa shape index (κ1) is 11.9. The Morgan fingerprint density at radius 2 is 2.56 bits per heavy atom. The highest BCUT2D eigenvalue weighted by molar-refractivity contribution is 5.91. The molecule has 0 bridgehead atoms. The summed E-state index contributed by atoms with van der Waals surface area (Å²) in [5, 5.41) is 6.00. The van der Waals surface area contributed by atoms with Gasteiger partial charge in [-0.3, -0.25) is 4.79 Å². The molecule has 0 unspecified atom stereocenters. The van der Waals surface area contributed by atoms with Gasteiger partial charge in [0.15, 0.2) is 0 Å². The van der Waals surface area contributed by atoms with Crippen molar-refractivity contribution in [1.82, 2.24) is 5.32 Å². The summed E-state index contributed by atoms with van der Waals surface area (Å²) in [5.74, 6) is 0.432. The van der Waals surface area contributed by atoms with E-state index in [9.17, 15) is 4.79 Å². The number of rotatable bonds is 6. The van der Waals surface area contributed by atoms with Gasteiger partial charge in [-0.1, -0.05) is 5.11 Å². The lowest BCUT2D eigenvalue weighted by Crippen LogP contribution is -2.22. The molecule has 0 radical (unpaired) electrons. The molecule has 0 aliphatic rings. The molecule has 0 saturated carbocycles. The standard InChI is InChI=1S/C10H12N4O2/c11-14-13-7-2-6-12-10(15)5-4-9-3-1-8-16-9/h1,3-5,8H,2,6-7H2,(H,12,15)/b5-4+. The number of azide groups is 1. The minimum atomic E-state index is -0.197. The van der Waals surface area contributed by atoms with Crippen LogP contribution in [-0.2, 0) is 4.79 Å². The Hall–Kier alpha value is -2.20. The van der Waals surface area contributed by atoms with Gasteiger partial charge in [-0.15, -0.1) is 0 Å². The normalized spacial score (nSPS) is 10.0. The molecule has 0 aliphatic carbocycles. The fourth-order valence-corrected chi connectivity index (χ4v) is 1.01. The molecule has 1 heterocycles. The first-order valence-electron chi connectivity index (χ1n) is 4.83. The van der Waals surface area contributed by atoms with Crippen molar-refractivity contribution in [2.75, 3.05) is 13.1 Å². The highest BCUT2D eigenvalue weighted by Crippen LogP contribution is 2.01. The fourth-order valence-electron chi connectivity index (χ4n) is 1.01. The highest BCUT2D eigenvalue weighted by atomic mass is 16.3. The number of nitrogens with one attached hydrogen (secondary N) is 1. The molecule has 0 aromatic carbocycles. The zero-order valence-electron chi connectivity index (χ0n) is 8.67. The Balaban J connectivity index is 2.18. The number of carbonyl (C=O) groups is 1. The van der Waals surface area contributed by atoms with Crippen LogP contribution in [0.2, 0.25) is 0 Å². The average molecular weight is 220 g/mol. The number of nitrogens with zero attached hydrogens (tertiary/aromatic N) is 3. The highest BCUT2D eigenvalue weighted by Gasteiger charge is 1.94. The van der Waals surface area contributed by atoms with Crippen LogP contribution < -0.4 is 5.32 Å². The molecule has 0 saturated heterocycles. The number of hydrogen-bond donors (Lipinski definition) is 1. The van der Waals surface area contributed by atoms with Crippen molar-refractivity contribution < 1.29 is 9.21 Å². The van der Waals surface area contributed by atoms with E-state index < -0.39 is 0 Å². The molecule has 0 atom stereocenters. The van der Waals surface area contributed by atoms with E-state index in [0.717, 1.165) is 0 Å². The minimum Gasteiger partial charge on any atom is -0.465 e. The quantitative estimate of drug-likeness (QED) is 0.261. The maximum atomic E-state index is 11.2. The molecular formula is C10H12N4O2. The predicted molar refractivity (Wildman–Crippen MR) is 59.4 cm³/mol. The Morgan fingerprint density at radius 3 is 3.25 bits per heavy atom. The summed E-state index contributed by atoms with van der Waals surface area (Å²) in [6.45, 7) is 0.874. The molecule has 0 fully saturated rings. The van der Waals surface area contributed by atoms with E-state index in [1.54, 1.807) is 18.2 Å². The van der Waals surface area contributed by atoms with Gasteiger partial charge < -0.3 is 9.73 Å². The SMILES string of the molecule is [N-]=[N+]=NCCCNC(=O)/C=C/c1ccco1. The van der Waals surface area contributed by atoms with Crippen molar-refractivity contribution in [3.8, 4) is 0 Å². The van der Waals surface area contributed by atoms with Crippen molar-refractivity contribution in [2.45, 2.75) is 6.42 Å². The van der Waals surface area contributed by atoms with E-state index in [1.165, 1.54) is 12.3 Å². The molecule has 1 aromatic heterocycles. The van der Waals surface area contributed by atoms with Gasteiger partial charge in [0.1, 0.15) is 5.76 Å². The molecule has 84 valence electrons. The van der Waals surface area contributed by atoms with Crippen molar-refractivity contribution in [3.63, 3.8) is 0 Å². The largest absolute Gasteiger partial charge is 0.465 e. The first-order chi connectivity index (χ1) is 7.83. The van der Waals surface area contributed by atoms with E-state index in [-0.39, 0.29) is 5.91 Å². The molecular weight excluding hydrogens is 208 g/mol. The molecule has 1 N–H and O–H groups in total. The molecule has 6 heteroatoms. The third-order valence-electron chi connectivity index (χ3n) is 1.74. The maximum Gasteiger partial charge on any atom is 0.244 e. The van der Waals surface area contributed by atoms with E-state index in [1.807, 2.05) is 0 Å². The fraction of sp³-hybridized carbons (Fsp3) is 0.300. The summed E-state index contributed by atoms with van der Waals surface area (Å²) in [6.07, 6.45) is 5.15. The third-order valence-corrected chi connectivity index (χ3v) is 1.74. The summed E-state index contributed by atoms with van der Waals surface area (Å²) in [6, 6.07) is 3.50. The van der Waals surface area contributed by atoms with Crippen LogP contribution in [0, 0.1) is 0 Å². The number of hydrogen-bond acceptors (Lipinski definition) is 3. The second kappa shape index (κ2) is 7.14. The first-order valence-corrected chi connectivity index (χ1v) is 4.83. The van der Waals surface area contributed by atoms with Gasteiger partial charge in [-0.05, 0) is 30.2 Å². The number of amides is 1.